The van der Waals surface area contributed by atoms with Gasteiger partial charge in [-0.25, -0.2) is 4.79 Å². The van der Waals surface area contributed by atoms with Crippen LogP contribution in [0.4, 0.5) is 18.0 Å². The molecule has 22 heavy (non-hydrogen) atoms. The third kappa shape index (κ3) is 5.06. The van der Waals surface area contributed by atoms with Gasteiger partial charge in [-0.3, -0.25) is 9.69 Å². The lowest BCUT2D eigenvalue weighted by Gasteiger charge is -2.44. The first-order chi connectivity index (χ1) is 9.93. The van der Waals surface area contributed by atoms with Gasteiger partial charge in [-0.05, 0) is 33.6 Å². The van der Waals surface area contributed by atoms with Gasteiger partial charge in [0.25, 0.3) is 0 Å². The standard InChI is InChI=1S/C14H23F3N2O3/c1-13(2,3)19(12(21)22)10-7-5-4-6-9(10)11(20)18-8-14(15,16)17/h9-10H,4-8H2,1-3H3,(H,18,20)(H,21,22). The predicted octanol–water partition coefficient (Wildman–Crippen LogP) is 3.00. The highest BCUT2D eigenvalue weighted by atomic mass is 19.4. The smallest absolute Gasteiger partial charge is 0.408 e. The van der Waals surface area contributed by atoms with Gasteiger partial charge in [-0.15, -0.1) is 0 Å². The minimum Gasteiger partial charge on any atom is -0.465 e. The molecule has 0 bridgehead atoms. The van der Waals surface area contributed by atoms with E-state index in [1.165, 1.54) is 4.90 Å². The summed E-state index contributed by atoms with van der Waals surface area (Å²) in [7, 11) is 0. The topological polar surface area (TPSA) is 69.6 Å². The summed E-state index contributed by atoms with van der Waals surface area (Å²) in [6.07, 6.45) is -3.29. The third-order valence-electron chi connectivity index (χ3n) is 3.79. The second kappa shape index (κ2) is 6.75. The Hall–Kier alpha value is -1.47. The van der Waals surface area contributed by atoms with Crippen molar-refractivity contribution in [3.05, 3.63) is 0 Å². The van der Waals surface area contributed by atoms with Gasteiger partial charge in [0, 0.05) is 11.6 Å². The molecular formula is C14H23F3N2O3. The van der Waals surface area contributed by atoms with E-state index in [-0.39, 0.29) is 0 Å². The van der Waals surface area contributed by atoms with Crippen LogP contribution in [0.25, 0.3) is 0 Å². The Morgan fingerprint density at radius 3 is 2.18 bits per heavy atom. The first kappa shape index (κ1) is 18.6. The van der Waals surface area contributed by atoms with Gasteiger partial charge in [0.1, 0.15) is 6.54 Å². The van der Waals surface area contributed by atoms with Crippen molar-refractivity contribution in [3.8, 4) is 0 Å². The summed E-state index contributed by atoms with van der Waals surface area (Å²) in [6.45, 7) is 3.73. The highest BCUT2D eigenvalue weighted by Gasteiger charge is 2.42. The summed E-state index contributed by atoms with van der Waals surface area (Å²) in [6, 6.07) is -0.598. The van der Waals surface area contributed by atoms with E-state index in [1.54, 1.807) is 20.8 Å². The Morgan fingerprint density at radius 1 is 1.18 bits per heavy atom. The Morgan fingerprint density at radius 2 is 1.73 bits per heavy atom. The highest BCUT2D eigenvalue weighted by Crippen LogP contribution is 2.33. The quantitative estimate of drug-likeness (QED) is 0.838. The lowest BCUT2D eigenvalue weighted by molar-refractivity contribution is -0.143. The largest absolute Gasteiger partial charge is 0.465 e. The van der Waals surface area contributed by atoms with Crippen LogP contribution in [-0.2, 0) is 4.79 Å². The maximum absolute atomic E-state index is 12.2. The minimum absolute atomic E-state index is 0.397. The van der Waals surface area contributed by atoms with Gasteiger partial charge in [-0.2, -0.15) is 13.2 Å². The number of rotatable bonds is 3. The molecule has 0 aromatic carbocycles. The Kier molecular flexibility index (Phi) is 5.70. The molecule has 1 fully saturated rings. The van der Waals surface area contributed by atoms with Crippen LogP contribution >= 0.6 is 0 Å². The van der Waals surface area contributed by atoms with E-state index < -0.39 is 42.2 Å². The van der Waals surface area contributed by atoms with Crippen molar-refractivity contribution in [2.45, 2.75) is 64.2 Å². The molecule has 128 valence electrons. The number of halogens is 3. The number of carboxylic acid groups (broad SMARTS) is 1. The minimum atomic E-state index is -4.48. The molecule has 5 nitrogen and oxygen atoms in total. The molecular weight excluding hydrogens is 301 g/mol. The average Bonchev–Trinajstić information content (AvgIpc) is 2.33. The van der Waals surface area contributed by atoms with E-state index in [4.69, 9.17) is 0 Å². The van der Waals surface area contributed by atoms with Gasteiger partial charge >= 0.3 is 12.3 Å². The number of carbonyl (C=O) groups excluding carboxylic acids is 1. The molecule has 1 aliphatic rings. The molecule has 0 aromatic rings. The summed E-state index contributed by atoms with van der Waals surface area (Å²) >= 11 is 0. The summed E-state index contributed by atoms with van der Waals surface area (Å²) in [5.74, 6) is -1.47. The summed E-state index contributed by atoms with van der Waals surface area (Å²) in [5.41, 5.74) is -0.726. The summed E-state index contributed by atoms with van der Waals surface area (Å²) < 4.78 is 36.7. The maximum Gasteiger partial charge on any atom is 0.408 e. The molecule has 0 aromatic heterocycles. The van der Waals surface area contributed by atoms with Crippen LogP contribution in [0.2, 0.25) is 0 Å². The fourth-order valence-corrected chi connectivity index (χ4v) is 2.97. The van der Waals surface area contributed by atoms with Gasteiger partial charge in [0.05, 0.1) is 5.92 Å². The third-order valence-corrected chi connectivity index (χ3v) is 3.79. The van der Waals surface area contributed by atoms with E-state index in [9.17, 15) is 27.9 Å². The molecule has 0 spiro atoms. The molecule has 1 aliphatic carbocycles. The first-order valence-corrected chi connectivity index (χ1v) is 7.30. The predicted molar refractivity (Wildman–Crippen MR) is 74.4 cm³/mol. The van der Waals surface area contributed by atoms with E-state index in [0.29, 0.717) is 19.3 Å². The number of hydrogen-bond donors (Lipinski definition) is 2. The Labute approximate surface area is 127 Å². The Balaban J connectivity index is 2.90. The second-order valence-electron chi connectivity index (χ2n) is 6.61. The van der Waals surface area contributed by atoms with Crippen LogP contribution in [0.15, 0.2) is 0 Å². The van der Waals surface area contributed by atoms with Gasteiger partial charge in [0.15, 0.2) is 0 Å². The summed E-state index contributed by atoms with van der Waals surface area (Å²) in [4.78, 5) is 24.8. The fraction of sp³-hybridized carbons (Fsp3) is 0.857. The molecule has 2 N–H and O–H groups in total. The van der Waals surface area contributed by atoms with Gasteiger partial charge < -0.3 is 10.4 Å². The molecule has 0 heterocycles. The van der Waals surface area contributed by atoms with Crippen molar-refractivity contribution in [1.82, 2.24) is 10.2 Å². The van der Waals surface area contributed by atoms with Crippen LogP contribution in [0.3, 0.4) is 0 Å². The number of nitrogens with zero attached hydrogens (tertiary/aromatic N) is 1. The van der Waals surface area contributed by atoms with Gasteiger partial charge in [0.2, 0.25) is 5.91 Å². The zero-order valence-corrected chi connectivity index (χ0v) is 13.0. The molecule has 2 unspecified atom stereocenters. The highest BCUT2D eigenvalue weighted by molar-refractivity contribution is 5.80. The van der Waals surface area contributed by atoms with Crippen molar-refractivity contribution in [2.75, 3.05) is 6.54 Å². The van der Waals surface area contributed by atoms with Crippen molar-refractivity contribution >= 4 is 12.0 Å². The number of nitrogens with one attached hydrogen (secondary N) is 1. The molecule has 0 aliphatic heterocycles. The Bertz CT molecular complexity index is 419. The summed E-state index contributed by atoms with van der Waals surface area (Å²) in [5, 5.41) is 11.3. The van der Waals surface area contributed by atoms with E-state index in [0.717, 1.165) is 6.42 Å². The molecule has 0 saturated heterocycles. The number of hydrogen-bond acceptors (Lipinski definition) is 2. The van der Waals surface area contributed by atoms with Gasteiger partial charge in [-0.1, -0.05) is 12.8 Å². The zero-order valence-electron chi connectivity index (χ0n) is 13.0. The van der Waals surface area contributed by atoms with Crippen molar-refractivity contribution < 1.29 is 27.9 Å². The normalized spacial score (nSPS) is 23.0. The fourth-order valence-electron chi connectivity index (χ4n) is 2.97. The average molecular weight is 324 g/mol. The lowest BCUT2D eigenvalue weighted by atomic mass is 9.81. The van der Waals surface area contributed by atoms with Crippen LogP contribution in [0, 0.1) is 5.92 Å². The van der Waals surface area contributed by atoms with E-state index >= 15 is 0 Å². The molecule has 1 saturated carbocycles. The molecule has 2 amide bonds. The molecule has 0 radical (unpaired) electrons. The molecule has 2 atom stereocenters. The second-order valence-corrected chi connectivity index (χ2v) is 6.61. The zero-order chi connectivity index (χ0) is 17.1. The maximum atomic E-state index is 12.2. The van der Waals surface area contributed by atoms with Crippen molar-refractivity contribution in [2.24, 2.45) is 5.92 Å². The van der Waals surface area contributed by atoms with Crippen molar-refractivity contribution in [1.29, 1.82) is 0 Å². The van der Waals surface area contributed by atoms with Crippen LogP contribution in [-0.4, -0.2) is 46.3 Å². The lowest BCUT2D eigenvalue weighted by Crippen LogP contribution is -2.57. The SMILES string of the molecule is CC(C)(C)N(C(=O)O)C1CCCCC1C(=O)NCC(F)(F)F. The van der Waals surface area contributed by atoms with Crippen LogP contribution < -0.4 is 5.32 Å². The van der Waals surface area contributed by atoms with Crippen LogP contribution in [0.1, 0.15) is 46.5 Å². The van der Waals surface area contributed by atoms with E-state index in [1.807, 2.05) is 5.32 Å². The number of carbonyl (C=O) groups is 2. The first-order valence-electron chi connectivity index (χ1n) is 7.30. The van der Waals surface area contributed by atoms with E-state index in [2.05, 4.69) is 0 Å². The van der Waals surface area contributed by atoms with Crippen LogP contribution in [0.5, 0.6) is 0 Å². The number of alkyl halides is 3. The number of amides is 2. The molecule has 1 rings (SSSR count). The molecule has 8 heteroatoms. The monoisotopic (exact) mass is 324 g/mol. The van der Waals surface area contributed by atoms with Crippen molar-refractivity contribution in [3.63, 3.8) is 0 Å².